The molecule has 1 unspecified atom stereocenters. The standard InChI is InChI=1S/C23H36ClN3/c1-18(17-23(24)26-22-14-8-7-13-21(22)25)16-20-12-9-15-27(20)19-10-5-3-2-4-6-11-19/h7-8,13-14,18-20H,2-6,9-12,15-17,25H2,1H3/t18?,20-/m0/s1. The SMILES string of the molecule is CC(CC(Cl)=Nc1ccccc1N)C[C@@H]1CCCN1C1CCCCCCC1. The Hall–Kier alpha value is -1.06. The lowest BCUT2D eigenvalue weighted by molar-refractivity contribution is 0.136. The molecule has 1 aromatic carbocycles. The number of aliphatic imine (C=N–C) groups is 1. The molecule has 150 valence electrons. The van der Waals surface area contributed by atoms with Crippen LogP contribution in [-0.2, 0) is 0 Å². The highest BCUT2D eigenvalue weighted by atomic mass is 35.5. The van der Waals surface area contributed by atoms with Crippen LogP contribution in [0.2, 0.25) is 0 Å². The first kappa shape index (κ1) is 20.7. The molecular weight excluding hydrogens is 354 g/mol. The van der Waals surface area contributed by atoms with Gasteiger partial charge in [0, 0.05) is 18.5 Å². The van der Waals surface area contributed by atoms with E-state index < -0.39 is 0 Å². The summed E-state index contributed by atoms with van der Waals surface area (Å²) >= 11 is 6.47. The minimum atomic E-state index is 0.547. The fraction of sp³-hybridized carbons (Fsp3) is 0.696. The second-order valence-electron chi connectivity index (χ2n) is 8.62. The van der Waals surface area contributed by atoms with Crippen molar-refractivity contribution in [3.63, 3.8) is 0 Å². The Morgan fingerprint density at radius 1 is 1.11 bits per heavy atom. The minimum absolute atomic E-state index is 0.547. The van der Waals surface area contributed by atoms with Crippen molar-refractivity contribution in [2.45, 2.75) is 89.6 Å². The van der Waals surface area contributed by atoms with Crippen molar-refractivity contribution in [3.05, 3.63) is 24.3 Å². The van der Waals surface area contributed by atoms with Crippen LogP contribution in [0.1, 0.15) is 77.6 Å². The zero-order valence-electron chi connectivity index (χ0n) is 16.9. The molecule has 1 aliphatic heterocycles. The molecule has 2 fully saturated rings. The van der Waals surface area contributed by atoms with Gasteiger partial charge in [0.15, 0.2) is 0 Å². The summed E-state index contributed by atoms with van der Waals surface area (Å²) in [7, 11) is 0. The van der Waals surface area contributed by atoms with Crippen LogP contribution in [0, 0.1) is 5.92 Å². The Kier molecular flexibility index (Phi) is 8.02. The third-order valence-corrected chi connectivity index (χ3v) is 6.58. The van der Waals surface area contributed by atoms with Gasteiger partial charge in [0.25, 0.3) is 0 Å². The zero-order valence-corrected chi connectivity index (χ0v) is 17.6. The molecule has 0 radical (unpaired) electrons. The molecule has 0 spiro atoms. The Balaban J connectivity index is 1.54. The third kappa shape index (κ3) is 6.22. The smallest absolute Gasteiger partial charge is 0.107 e. The van der Waals surface area contributed by atoms with Gasteiger partial charge in [-0.1, -0.05) is 62.8 Å². The number of likely N-dealkylation sites (tertiary alicyclic amines) is 1. The van der Waals surface area contributed by atoms with E-state index in [-0.39, 0.29) is 0 Å². The number of nitrogens with two attached hydrogens (primary N) is 1. The van der Waals surface area contributed by atoms with Crippen LogP contribution in [0.5, 0.6) is 0 Å². The van der Waals surface area contributed by atoms with E-state index in [0.717, 1.165) is 24.2 Å². The van der Waals surface area contributed by atoms with E-state index in [0.29, 0.717) is 16.8 Å². The maximum absolute atomic E-state index is 6.47. The van der Waals surface area contributed by atoms with Gasteiger partial charge in [-0.25, -0.2) is 4.99 Å². The third-order valence-electron chi connectivity index (χ3n) is 6.34. The molecule has 0 bridgehead atoms. The number of para-hydroxylation sites is 2. The Morgan fingerprint density at radius 3 is 2.56 bits per heavy atom. The van der Waals surface area contributed by atoms with Gasteiger partial charge in [-0.15, -0.1) is 0 Å². The number of anilines is 1. The largest absolute Gasteiger partial charge is 0.397 e. The van der Waals surface area contributed by atoms with Gasteiger partial charge in [0.2, 0.25) is 0 Å². The van der Waals surface area contributed by atoms with Gasteiger partial charge in [-0.3, -0.25) is 4.90 Å². The van der Waals surface area contributed by atoms with Crippen LogP contribution in [-0.4, -0.2) is 28.7 Å². The Bertz CT molecular complexity index is 607. The molecule has 3 nitrogen and oxygen atoms in total. The summed E-state index contributed by atoms with van der Waals surface area (Å²) in [5.74, 6) is 0.547. The molecule has 27 heavy (non-hydrogen) atoms. The summed E-state index contributed by atoms with van der Waals surface area (Å²) < 4.78 is 0. The van der Waals surface area contributed by atoms with E-state index in [2.05, 4.69) is 16.8 Å². The van der Waals surface area contributed by atoms with Crippen LogP contribution < -0.4 is 5.73 Å². The topological polar surface area (TPSA) is 41.6 Å². The number of rotatable bonds is 6. The quantitative estimate of drug-likeness (QED) is 0.443. The maximum atomic E-state index is 6.47. The highest BCUT2D eigenvalue weighted by molar-refractivity contribution is 6.65. The van der Waals surface area contributed by atoms with Crippen LogP contribution >= 0.6 is 11.6 Å². The van der Waals surface area contributed by atoms with Crippen LogP contribution in [0.15, 0.2) is 29.3 Å². The number of nitrogens with zero attached hydrogens (tertiary/aromatic N) is 2. The lowest BCUT2D eigenvalue weighted by atomic mass is 9.92. The lowest BCUT2D eigenvalue weighted by Crippen LogP contribution is -2.40. The molecule has 1 aliphatic carbocycles. The Labute approximate surface area is 170 Å². The average molecular weight is 390 g/mol. The molecule has 2 aliphatic rings. The predicted octanol–water partition coefficient (Wildman–Crippen LogP) is 6.53. The maximum Gasteiger partial charge on any atom is 0.107 e. The molecule has 2 N–H and O–H groups in total. The molecule has 3 rings (SSSR count). The first-order valence-electron chi connectivity index (χ1n) is 11.0. The van der Waals surface area contributed by atoms with Crippen LogP contribution in [0.25, 0.3) is 0 Å². The van der Waals surface area contributed by atoms with E-state index in [9.17, 15) is 0 Å². The highest BCUT2D eigenvalue weighted by Crippen LogP contribution is 2.32. The van der Waals surface area contributed by atoms with Gasteiger partial charge in [0.1, 0.15) is 5.17 Å². The molecular formula is C23H36ClN3. The highest BCUT2D eigenvalue weighted by Gasteiger charge is 2.31. The first-order valence-corrected chi connectivity index (χ1v) is 11.3. The van der Waals surface area contributed by atoms with Crippen LogP contribution in [0.4, 0.5) is 11.4 Å². The molecule has 1 saturated heterocycles. The van der Waals surface area contributed by atoms with Crippen LogP contribution in [0.3, 0.4) is 0 Å². The van der Waals surface area contributed by atoms with E-state index in [1.165, 1.54) is 70.8 Å². The van der Waals surface area contributed by atoms with Crippen molar-refractivity contribution in [2.24, 2.45) is 10.9 Å². The van der Waals surface area contributed by atoms with Crippen molar-refractivity contribution >= 4 is 28.1 Å². The molecule has 0 aromatic heterocycles. The van der Waals surface area contributed by atoms with E-state index in [1.807, 2.05) is 24.3 Å². The van der Waals surface area contributed by atoms with Crippen molar-refractivity contribution in [1.82, 2.24) is 4.90 Å². The average Bonchev–Trinajstić information content (AvgIpc) is 3.04. The van der Waals surface area contributed by atoms with Crippen molar-refractivity contribution in [1.29, 1.82) is 0 Å². The normalized spacial score (nSPS) is 24.5. The van der Waals surface area contributed by atoms with Crippen molar-refractivity contribution in [3.8, 4) is 0 Å². The number of hydrogen-bond donors (Lipinski definition) is 1. The number of nitrogen functional groups attached to an aromatic ring is 1. The number of hydrogen-bond acceptors (Lipinski definition) is 3. The summed E-state index contributed by atoms with van der Waals surface area (Å²) in [5.41, 5.74) is 7.46. The summed E-state index contributed by atoms with van der Waals surface area (Å²) in [4.78, 5) is 7.40. The van der Waals surface area contributed by atoms with Gasteiger partial charge in [-0.2, -0.15) is 0 Å². The molecule has 1 aromatic rings. The monoisotopic (exact) mass is 389 g/mol. The van der Waals surface area contributed by atoms with Gasteiger partial charge >= 0.3 is 0 Å². The lowest BCUT2D eigenvalue weighted by Gasteiger charge is -2.35. The second kappa shape index (κ2) is 10.5. The number of benzene rings is 1. The molecule has 1 heterocycles. The first-order chi connectivity index (χ1) is 13.1. The molecule has 0 amide bonds. The van der Waals surface area contributed by atoms with Gasteiger partial charge < -0.3 is 5.73 Å². The Morgan fingerprint density at radius 2 is 1.81 bits per heavy atom. The second-order valence-corrected chi connectivity index (χ2v) is 9.06. The van der Waals surface area contributed by atoms with Crippen molar-refractivity contribution < 1.29 is 0 Å². The number of halogens is 1. The zero-order chi connectivity index (χ0) is 19.1. The summed E-state index contributed by atoms with van der Waals surface area (Å²) in [5, 5.41) is 0.677. The summed E-state index contributed by atoms with van der Waals surface area (Å²) in [6, 6.07) is 9.23. The molecule has 4 heteroatoms. The van der Waals surface area contributed by atoms with Gasteiger partial charge in [0.05, 0.1) is 11.4 Å². The molecule has 2 atom stereocenters. The summed E-state index contributed by atoms with van der Waals surface area (Å²) in [6.07, 6.45) is 14.7. The minimum Gasteiger partial charge on any atom is -0.397 e. The predicted molar refractivity (Wildman–Crippen MR) is 118 cm³/mol. The fourth-order valence-electron chi connectivity index (χ4n) is 4.96. The molecule has 1 saturated carbocycles. The van der Waals surface area contributed by atoms with E-state index in [1.54, 1.807) is 0 Å². The van der Waals surface area contributed by atoms with Gasteiger partial charge in [-0.05, 0) is 56.7 Å². The summed E-state index contributed by atoms with van der Waals surface area (Å²) in [6.45, 7) is 3.62. The van der Waals surface area contributed by atoms with E-state index in [4.69, 9.17) is 17.3 Å². The van der Waals surface area contributed by atoms with E-state index >= 15 is 0 Å². The fourth-order valence-corrected chi connectivity index (χ4v) is 5.31. The van der Waals surface area contributed by atoms with Crippen molar-refractivity contribution in [2.75, 3.05) is 12.3 Å².